The highest BCUT2D eigenvalue weighted by Crippen LogP contribution is 2.29. The molecule has 0 unspecified atom stereocenters. The second kappa shape index (κ2) is 5.48. The molecule has 2 aromatic rings. The molecule has 112 valence electrons. The van der Waals surface area contributed by atoms with Crippen molar-refractivity contribution >= 4 is 39.3 Å². The highest BCUT2D eigenvalue weighted by Gasteiger charge is 2.27. The number of aldehydes is 1. The number of aromatic nitrogens is 2. The van der Waals surface area contributed by atoms with Crippen LogP contribution in [0.25, 0.3) is 5.52 Å². The Bertz CT molecular complexity index is 708. The number of anilines is 1. The number of nitrogens with one attached hydrogen (secondary N) is 1. The number of fused-ring (bicyclic) bond motifs is 1. The molecule has 2 rings (SSSR count). The monoisotopic (exact) mass is 352 g/mol. The summed E-state index contributed by atoms with van der Waals surface area (Å²) in [5, 5.41) is 7.38. The fraction of sp³-hybridized carbons (Fsp3) is 0.357. The van der Waals surface area contributed by atoms with Gasteiger partial charge in [-0.15, -0.1) is 0 Å². The van der Waals surface area contributed by atoms with Crippen LogP contribution in [-0.2, 0) is 4.79 Å². The molecular formula is C14H17BrN4O2. The molecule has 0 bridgehead atoms. The molecule has 0 saturated carbocycles. The Morgan fingerprint density at radius 1 is 1.57 bits per heavy atom. The summed E-state index contributed by atoms with van der Waals surface area (Å²) < 4.78 is 2.47. The molecule has 1 atom stereocenters. The molecule has 7 heteroatoms. The lowest BCUT2D eigenvalue weighted by molar-refractivity contribution is -0.115. The van der Waals surface area contributed by atoms with Crippen LogP contribution in [0.4, 0.5) is 5.69 Å². The SMILES string of the molecule is C[C@@H](Nc1c(C(N)=O)cnn2cc(Br)cc12)C(C)(C)C=O. The molecule has 0 aromatic carbocycles. The Balaban J connectivity index is 2.56. The maximum absolute atomic E-state index is 11.6. The van der Waals surface area contributed by atoms with Gasteiger partial charge in [-0.1, -0.05) is 13.8 Å². The predicted molar refractivity (Wildman–Crippen MR) is 84.3 cm³/mol. The van der Waals surface area contributed by atoms with E-state index in [-0.39, 0.29) is 6.04 Å². The summed E-state index contributed by atoms with van der Waals surface area (Å²) in [5.74, 6) is -0.569. The number of primary amides is 1. The van der Waals surface area contributed by atoms with Gasteiger partial charge in [-0.05, 0) is 28.9 Å². The maximum atomic E-state index is 11.6. The molecule has 0 aliphatic heterocycles. The van der Waals surface area contributed by atoms with E-state index in [1.165, 1.54) is 6.20 Å². The van der Waals surface area contributed by atoms with Crippen molar-refractivity contribution in [2.75, 3.05) is 5.32 Å². The van der Waals surface area contributed by atoms with Gasteiger partial charge in [0.25, 0.3) is 5.91 Å². The molecule has 0 aliphatic carbocycles. The Morgan fingerprint density at radius 3 is 2.81 bits per heavy atom. The zero-order chi connectivity index (χ0) is 15.8. The largest absolute Gasteiger partial charge is 0.379 e. The minimum Gasteiger partial charge on any atom is -0.379 e. The number of rotatable bonds is 5. The smallest absolute Gasteiger partial charge is 0.252 e. The van der Waals surface area contributed by atoms with Crippen molar-refractivity contribution in [3.63, 3.8) is 0 Å². The van der Waals surface area contributed by atoms with Crippen molar-refractivity contribution in [1.29, 1.82) is 0 Å². The van der Waals surface area contributed by atoms with E-state index in [4.69, 9.17) is 5.73 Å². The molecular weight excluding hydrogens is 336 g/mol. The maximum Gasteiger partial charge on any atom is 0.252 e. The molecule has 2 heterocycles. The highest BCUT2D eigenvalue weighted by atomic mass is 79.9. The lowest BCUT2D eigenvalue weighted by Crippen LogP contribution is -2.35. The van der Waals surface area contributed by atoms with Crippen LogP contribution in [0.2, 0.25) is 0 Å². The van der Waals surface area contributed by atoms with Gasteiger partial charge in [0, 0.05) is 22.1 Å². The summed E-state index contributed by atoms with van der Waals surface area (Å²) in [6.07, 6.45) is 4.09. The average molecular weight is 353 g/mol. The molecule has 0 aliphatic rings. The molecule has 3 N–H and O–H groups in total. The second-order valence-corrected chi connectivity index (χ2v) is 6.51. The lowest BCUT2D eigenvalue weighted by atomic mass is 9.87. The summed E-state index contributed by atoms with van der Waals surface area (Å²) in [6.45, 7) is 5.54. The molecule has 21 heavy (non-hydrogen) atoms. The van der Waals surface area contributed by atoms with E-state index in [1.807, 2.05) is 26.8 Å². The molecule has 0 spiro atoms. The first kappa shape index (κ1) is 15.5. The van der Waals surface area contributed by atoms with Crippen LogP contribution in [0.1, 0.15) is 31.1 Å². The third-order valence-corrected chi connectivity index (χ3v) is 4.08. The number of halogens is 1. The van der Waals surface area contributed by atoms with E-state index in [1.54, 1.807) is 10.7 Å². The number of nitrogens with zero attached hydrogens (tertiary/aromatic N) is 2. The topological polar surface area (TPSA) is 89.5 Å². The quantitative estimate of drug-likeness (QED) is 0.807. The van der Waals surface area contributed by atoms with Gasteiger partial charge in [0.2, 0.25) is 0 Å². The standard InChI is InChI=1S/C14H17BrN4O2/c1-8(14(2,3)7-20)18-12-10(13(16)21)5-17-19-6-9(15)4-11(12)19/h4-8,18H,1-3H3,(H2,16,21)/t8-/m1/s1. The van der Waals surface area contributed by atoms with Crippen molar-refractivity contribution in [3.05, 3.63) is 28.5 Å². The zero-order valence-corrected chi connectivity index (χ0v) is 13.6. The van der Waals surface area contributed by atoms with E-state index in [9.17, 15) is 9.59 Å². The average Bonchev–Trinajstić information content (AvgIpc) is 2.79. The number of nitrogens with two attached hydrogens (primary N) is 1. The minimum atomic E-state index is -0.584. The summed E-state index contributed by atoms with van der Waals surface area (Å²) in [6, 6.07) is 1.65. The number of amides is 1. The fourth-order valence-electron chi connectivity index (χ4n) is 1.87. The lowest BCUT2D eigenvalue weighted by Gasteiger charge is -2.28. The number of hydrogen-bond donors (Lipinski definition) is 2. The Labute approximate surface area is 130 Å². The first-order chi connectivity index (χ1) is 9.76. The van der Waals surface area contributed by atoms with Gasteiger partial charge in [-0.3, -0.25) is 4.79 Å². The second-order valence-electron chi connectivity index (χ2n) is 5.59. The van der Waals surface area contributed by atoms with Crippen molar-refractivity contribution in [2.45, 2.75) is 26.8 Å². The predicted octanol–water partition coefficient (Wildman–Crippen LogP) is 2.22. The van der Waals surface area contributed by atoms with Crippen LogP contribution in [0.5, 0.6) is 0 Å². The first-order valence-electron chi connectivity index (χ1n) is 6.46. The van der Waals surface area contributed by atoms with Crippen LogP contribution >= 0.6 is 15.9 Å². The fourth-order valence-corrected chi connectivity index (χ4v) is 2.28. The third kappa shape index (κ3) is 2.92. The first-order valence-corrected chi connectivity index (χ1v) is 7.25. The van der Waals surface area contributed by atoms with Crippen molar-refractivity contribution < 1.29 is 9.59 Å². The van der Waals surface area contributed by atoms with Crippen LogP contribution in [0.15, 0.2) is 22.9 Å². The van der Waals surface area contributed by atoms with E-state index in [0.29, 0.717) is 16.8 Å². The molecule has 6 nitrogen and oxygen atoms in total. The molecule has 1 amide bonds. The Hall–Kier alpha value is -1.89. The number of carbonyl (C=O) groups excluding carboxylic acids is 2. The summed E-state index contributed by atoms with van der Waals surface area (Å²) in [4.78, 5) is 22.8. The van der Waals surface area contributed by atoms with Gasteiger partial charge in [0.15, 0.2) is 0 Å². The normalized spacial score (nSPS) is 13.1. The van der Waals surface area contributed by atoms with Crippen molar-refractivity contribution in [2.24, 2.45) is 11.1 Å². The third-order valence-electron chi connectivity index (χ3n) is 3.65. The molecule has 2 aromatic heterocycles. The summed E-state index contributed by atoms with van der Waals surface area (Å²) in [7, 11) is 0. The van der Waals surface area contributed by atoms with Crippen LogP contribution in [0.3, 0.4) is 0 Å². The van der Waals surface area contributed by atoms with Gasteiger partial charge < -0.3 is 15.8 Å². The van der Waals surface area contributed by atoms with Crippen molar-refractivity contribution in [1.82, 2.24) is 9.61 Å². The van der Waals surface area contributed by atoms with Gasteiger partial charge in [-0.2, -0.15) is 5.10 Å². The van der Waals surface area contributed by atoms with Crippen LogP contribution < -0.4 is 11.1 Å². The van der Waals surface area contributed by atoms with E-state index in [0.717, 1.165) is 10.8 Å². The summed E-state index contributed by atoms with van der Waals surface area (Å²) in [5.41, 5.74) is 6.42. The molecule has 0 saturated heterocycles. The van der Waals surface area contributed by atoms with Gasteiger partial charge >= 0.3 is 0 Å². The molecule has 0 fully saturated rings. The van der Waals surface area contributed by atoms with E-state index >= 15 is 0 Å². The Morgan fingerprint density at radius 2 is 2.24 bits per heavy atom. The van der Waals surface area contributed by atoms with Crippen LogP contribution in [0, 0.1) is 5.41 Å². The molecule has 0 radical (unpaired) electrons. The minimum absolute atomic E-state index is 0.187. The number of hydrogen-bond acceptors (Lipinski definition) is 4. The van der Waals surface area contributed by atoms with Crippen LogP contribution in [-0.4, -0.2) is 27.8 Å². The van der Waals surface area contributed by atoms with Gasteiger partial charge in [0.1, 0.15) is 6.29 Å². The zero-order valence-electron chi connectivity index (χ0n) is 12.1. The van der Waals surface area contributed by atoms with Gasteiger partial charge in [0.05, 0.1) is 23.0 Å². The highest BCUT2D eigenvalue weighted by molar-refractivity contribution is 9.10. The van der Waals surface area contributed by atoms with Gasteiger partial charge in [-0.25, -0.2) is 4.52 Å². The summed E-state index contributed by atoms with van der Waals surface area (Å²) >= 11 is 3.38. The van der Waals surface area contributed by atoms with E-state index in [2.05, 4.69) is 26.3 Å². The van der Waals surface area contributed by atoms with E-state index < -0.39 is 11.3 Å². The Kier molecular flexibility index (Phi) is 4.04. The van der Waals surface area contributed by atoms with Crippen molar-refractivity contribution in [3.8, 4) is 0 Å². The number of carbonyl (C=O) groups is 2.